The highest BCUT2D eigenvalue weighted by Crippen LogP contribution is 2.22. The zero-order chi connectivity index (χ0) is 17.4. The number of benzene rings is 1. The summed E-state index contributed by atoms with van der Waals surface area (Å²) in [5, 5.41) is 7.25. The summed E-state index contributed by atoms with van der Waals surface area (Å²) in [5.74, 6) is -0.534. The molecule has 1 aromatic rings. The molecule has 1 atom stereocenters. The van der Waals surface area contributed by atoms with Gasteiger partial charge >= 0.3 is 12.1 Å². The van der Waals surface area contributed by atoms with Crippen LogP contribution in [0.5, 0.6) is 0 Å². The molecule has 0 spiro atoms. The van der Waals surface area contributed by atoms with E-state index in [9.17, 15) is 9.59 Å². The molecule has 1 amide bonds. The number of carbonyl (C=O) groups is 2. The molecule has 2 N–H and O–H groups in total. The van der Waals surface area contributed by atoms with Crippen molar-refractivity contribution in [3.8, 4) is 0 Å². The maximum absolute atomic E-state index is 12.3. The first-order valence-corrected chi connectivity index (χ1v) is 7.32. The van der Waals surface area contributed by atoms with E-state index < -0.39 is 18.1 Å². The summed E-state index contributed by atoms with van der Waals surface area (Å²) >= 11 is 6.09. The van der Waals surface area contributed by atoms with Gasteiger partial charge in [0.25, 0.3) is 0 Å². The molecule has 0 aliphatic heterocycles. The molecule has 23 heavy (non-hydrogen) atoms. The summed E-state index contributed by atoms with van der Waals surface area (Å²) in [6.07, 6.45) is -1.03. The number of esters is 1. The summed E-state index contributed by atoms with van der Waals surface area (Å²) in [6, 6.07) is 6.05. The predicted molar refractivity (Wildman–Crippen MR) is 88.7 cm³/mol. The number of rotatable bonds is 6. The molecule has 0 saturated heterocycles. The standard InChI is InChI=1S/C15H20ClN3O4/c1-9(2)23-14(20)13(10(3)18-19-15(21)22-4)17-12-8-6-5-7-11(12)16/h5-9,13,17H,1-4H3,(H,19,21). The number of hydrogen-bond donors (Lipinski definition) is 2. The Hall–Kier alpha value is -2.28. The monoisotopic (exact) mass is 341 g/mol. The molecule has 126 valence electrons. The molecule has 0 bridgehead atoms. The van der Waals surface area contributed by atoms with E-state index >= 15 is 0 Å². The smallest absolute Gasteiger partial charge is 0.427 e. The van der Waals surface area contributed by atoms with Crippen LogP contribution < -0.4 is 10.7 Å². The number of anilines is 1. The van der Waals surface area contributed by atoms with Crippen molar-refractivity contribution < 1.29 is 19.1 Å². The Morgan fingerprint density at radius 1 is 1.26 bits per heavy atom. The lowest BCUT2D eigenvalue weighted by molar-refractivity contribution is -0.146. The molecule has 0 heterocycles. The molecule has 0 radical (unpaired) electrons. The summed E-state index contributed by atoms with van der Waals surface area (Å²) in [7, 11) is 1.21. The van der Waals surface area contributed by atoms with Gasteiger partial charge in [-0.3, -0.25) is 0 Å². The van der Waals surface area contributed by atoms with Crippen molar-refractivity contribution in [1.29, 1.82) is 0 Å². The second-order valence-electron chi connectivity index (χ2n) is 4.90. The summed E-state index contributed by atoms with van der Waals surface area (Å²) < 4.78 is 9.64. The molecular weight excluding hydrogens is 322 g/mol. The number of para-hydroxylation sites is 1. The highest BCUT2D eigenvalue weighted by molar-refractivity contribution is 6.33. The van der Waals surface area contributed by atoms with Crippen LogP contribution in [0.25, 0.3) is 0 Å². The molecule has 8 heteroatoms. The molecule has 7 nitrogen and oxygen atoms in total. The number of methoxy groups -OCH3 is 1. The van der Waals surface area contributed by atoms with Crippen molar-refractivity contribution in [2.45, 2.75) is 32.9 Å². The van der Waals surface area contributed by atoms with Gasteiger partial charge in [-0.05, 0) is 32.9 Å². The number of hydrogen-bond acceptors (Lipinski definition) is 6. The fourth-order valence-electron chi connectivity index (χ4n) is 1.61. The first-order chi connectivity index (χ1) is 10.8. The van der Waals surface area contributed by atoms with Gasteiger partial charge in [-0.15, -0.1) is 0 Å². The van der Waals surface area contributed by atoms with Crippen molar-refractivity contribution in [2.75, 3.05) is 12.4 Å². The molecule has 1 unspecified atom stereocenters. The number of nitrogens with zero attached hydrogens (tertiary/aromatic N) is 1. The van der Waals surface area contributed by atoms with Gasteiger partial charge in [0.1, 0.15) is 0 Å². The number of hydrazone groups is 1. The zero-order valence-corrected chi connectivity index (χ0v) is 14.2. The summed E-state index contributed by atoms with van der Waals surface area (Å²) in [4.78, 5) is 23.4. The zero-order valence-electron chi connectivity index (χ0n) is 13.4. The second-order valence-corrected chi connectivity index (χ2v) is 5.31. The van der Waals surface area contributed by atoms with Crippen LogP contribution in [-0.2, 0) is 14.3 Å². The van der Waals surface area contributed by atoms with Gasteiger partial charge in [0.15, 0.2) is 6.04 Å². The minimum atomic E-state index is -0.908. The molecule has 1 rings (SSSR count). The first kappa shape index (κ1) is 18.8. The lowest BCUT2D eigenvalue weighted by Crippen LogP contribution is -2.40. The van der Waals surface area contributed by atoms with Crippen LogP contribution in [-0.4, -0.2) is 37.0 Å². The third kappa shape index (κ3) is 6.15. The fraction of sp³-hybridized carbons (Fsp3) is 0.400. The third-order valence-electron chi connectivity index (χ3n) is 2.69. The van der Waals surface area contributed by atoms with Gasteiger partial charge in [0, 0.05) is 0 Å². The van der Waals surface area contributed by atoms with E-state index in [-0.39, 0.29) is 6.10 Å². The highest BCUT2D eigenvalue weighted by Gasteiger charge is 2.25. The normalized spacial score (nSPS) is 12.5. The third-order valence-corrected chi connectivity index (χ3v) is 3.02. The number of amides is 1. The minimum Gasteiger partial charge on any atom is -0.461 e. The molecule has 0 saturated carbocycles. The van der Waals surface area contributed by atoms with Crippen molar-refractivity contribution in [1.82, 2.24) is 5.43 Å². The summed E-state index contributed by atoms with van der Waals surface area (Å²) in [6.45, 7) is 5.05. The van der Waals surface area contributed by atoms with Crippen molar-refractivity contribution in [3.05, 3.63) is 29.3 Å². The van der Waals surface area contributed by atoms with E-state index in [1.54, 1.807) is 45.0 Å². The predicted octanol–water partition coefficient (Wildman–Crippen LogP) is 2.80. The highest BCUT2D eigenvalue weighted by atomic mass is 35.5. The van der Waals surface area contributed by atoms with Crippen molar-refractivity contribution in [3.63, 3.8) is 0 Å². The van der Waals surface area contributed by atoms with Gasteiger partial charge in [0.05, 0.1) is 29.6 Å². The van der Waals surface area contributed by atoms with E-state index in [4.69, 9.17) is 16.3 Å². The van der Waals surface area contributed by atoms with Crippen LogP contribution in [0.1, 0.15) is 20.8 Å². The van der Waals surface area contributed by atoms with Gasteiger partial charge < -0.3 is 14.8 Å². The van der Waals surface area contributed by atoms with E-state index in [1.165, 1.54) is 7.11 Å². The largest absolute Gasteiger partial charge is 0.461 e. The van der Waals surface area contributed by atoms with Crippen molar-refractivity contribution in [2.24, 2.45) is 5.10 Å². The fourth-order valence-corrected chi connectivity index (χ4v) is 1.80. The Bertz CT molecular complexity index is 590. The molecular formula is C15H20ClN3O4. The molecule has 0 aliphatic carbocycles. The Balaban J connectivity index is 2.99. The van der Waals surface area contributed by atoms with Gasteiger partial charge in [-0.25, -0.2) is 15.0 Å². The second kappa shape index (κ2) is 8.99. The van der Waals surface area contributed by atoms with Crippen LogP contribution in [0.2, 0.25) is 5.02 Å². The summed E-state index contributed by atoms with van der Waals surface area (Å²) in [5.41, 5.74) is 3.01. The molecule has 0 fully saturated rings. The van der Waals surface area contributed by atoms with Crippen LogP contribution in [0.15, 0.2) is 29.4 Å². The SMILES string of the molecule is COC(=O)NN=C(C)C(Nc1ccccc1Cl)C(=O)OC(C)C. The molecule has 0 aromatic heterocycles. The lowest BCUT2D eigenvalue weighted by atomic mass is 10.1. The topological polar surface area (TPSA) is 89.0 Å². The minimum absolute atomic E-state index is 0.292. The number of carbonyl (C=O) groups excluding carboxylic acids is 2. The van der Waals surface area contributed by atoms with Crippen LogP contribution >= 0.6 is 11.6 Å². The quantitative estimate of drug-likeness (QED) is 0.472. The van der Waals surface area contributed by atoms with Crippen LogP contribution in [0.3, 0.4) is 0 Å². The Morgan fingerprint density at radius 2 is 1.91 bits per heavy atom. The van der Waals surface area contributed by atoms with E-state index in [2.05, 4.69) is 20.6 Å². The maximum Gasteiger partial charge on any atom is 0.427 e. The van der Waals surface area contributed by atoms with Gasteiger partial charge in [0.2, 0.25) is 0 Å². The number of halogens is 1. The lowest BCUT2D eigenvalue weighted by Gasteiger charge is -2.20. The van der Waals surface area contributed by atoms with Gasteiger partial charge in [-0.1, -0.05) is 23.7 Å². The van der Waals surface area contributed by atoms with Gasteiger partial charge in [-0.2, -0.15) is 5.10 Å². The van der Waals surface area contributed by atoms with Crippen LogP contribution in [0, 0.1) is 0 Å². The van der Waals surface area contributed by atoms with Crippen molar-refractivity contribution >= 4 is 35.1 Å². The number of ether oxygens (including phenoxy) is 2. The Morgan fingerprint density at radius 3 is 2.48 bits per heavy atom. The first-order valence-electron chi connectivity index (χ1n) is 6.94. The molecule has 0 aliphatic rings. The van der Waals surface area contributed by atoms with Crippen LogP contribution in [0.4, 0.5) is 10.5 Å². The maximum atomic E-state index is 12.3. The Kier molecular flexibility index (Phi) is 7.34. The molecule has 1 aromatic carbocycles. The Labute approximate surface area is 140 Å². The average Bonchev–Trinajstić information content (AvgIpc) is 2.50. The average molecular weight is 342 g/mol. The van der Waals surface area contributed by atoms with E-state index in [1.807, 2.05) is 0 Å². The van der Waals surface area contributed by atoms with E-state index in [0.717, 1.165) is 0 Å². The number of nitrogens with one attached hydrogen (secondary N) is 2. The van der Waals surface area contributed by atoms with E-state index in [0.29, 0.717) is 16.4 Å².